The molecule has 31 heavy (non-hydrogen) atoms. The minimum Gasteiger partial charge on any atom is -0.480 e. The van der Waals surface area contributed by atoms with Gasteiger partial charge in [-0.25, -0.2) is 4.79 Å². The Morgan fingerprint density at radius 3 is 2.29 bits per heavy atom. The Morgan fingerprint density at radius 2 is 1.68 bits per heavy atom. The molecule has 1 heterocycles. The first kappa shape index (κ1) is 20.1. The van der Waals surface area contributed by atoms with Crippen LogP contribution in [-0.4, -0.2) is 46.0 Å². The molecule has 9 heteroatoms. The summed E-state index contributed by atoms with van der Waals surface area (Å²) in [6.07, 6.45) is 0.707. The van der Waals surface area contributed by atoms with Crippen LogP contribution in [0.15, 0.2) is 54.7 Å². The topological polar surface area (TPSA) is 123 Å². The highest BCUT2D eigenvalue weighted by Crippen LogP contribution is 2.44. The number of benzene rings is 2. The average molecular weight is 420 g/mol. The van der Waals surface area contributed by atoms with Gasteiger partial charge in [-0.05, 0) is 22.3 Å². The van der Waals surface area contributed by atoms with Crippen LogP contribution < -0.4 is 10.6 Å². The number of nitrogens with zero attached hydrogens (tertiary/aromatic N) is 2. The average Bonchev–Trinajstić information content (AvgIpc) is 3.28. The van der Waals surface area contributed by atoms with E-state index in [0.29, 0.717) is 0 Å². The van der Waals surface area contributed by atoms with Crippen LogP contribution >= 0.6 is 0 Å². The van der Waals surface area contributed by atoms with E-state index >= 15 is 0 Å². The number of rotatable bonds is 6. The predicted octanol–water partition coefficient (Wildman–Crippen LogP) is 2.60. The summed E-state index contributed by atoms with van der Waals surface area (Å²) < 4.78 is 6.81. The van der Waals surface area contributed by atoms with Gasteiger partial charge in [-0.15, -0.1) is 0 Å². The highest BCUT2D eigenvalue weighted by Gasteiger charge is 2.29. The number of aromatic nitrogens is 2. The molecule has 1 aliphatic carbocycles. The lowest BCUT2D eigenvalue weighted by atomic mass is 9.98. The summed E-state index contributed by atoms with van der Waals surface area (Å²) in [5, 5.41) is 17.4. The maximum Gasteiger partial charge on any atom is 0.411 e. The lowest BCUT2D eigenvalue weighted by molar-refractivity contribution is -0.135. The van der Waals surface area contributed by atoms with Crippen molar-refractivity contribution in [1.29, 1.82) is 0 Å². The third-order valence-electron chi connectivity index (χ3n) is 5.02. The van der Waals surface area contributed by atoms with E-state index in [1.807, 2.05) is 48.5 Å². The second-order valence-corrected chi connectivity index (χ2v) is 7.09. The Hall–Kier alpha value is -4.14. The van der Waals surface area contributed by atoms with Crippen molar-refractivity contribution in [3.63, 3.8) is 0 Å². The van der Waals surface area contributed by atoms with Gasteiger partial charge in [-0.3, -0.25) is 19.6 Å². The first-order valence-corrected chi connectivity index (χ1v) is 9.59. The molecule has 0 bridgehead atoms. The summed E-state index contributed by atoms with van der Waals surface area (Å²) in [5.41, 5.74) is 4.45. The van der Waals surface area contributed by atoms with Crippen LogP contribution in [0.2, 0.25) is 0 Å². The van der Waals surface area contributed by atoms with Gasteiger partial charge in [0, 0.05) is 19.2 Å². The van der Waals surface area contributed by atoms with E-state index in [1.165, 1.54) is 10.9 Å². The molecular weight excluding hydrogens is 400 g/mol. The lowest BCUT2D eigenvalue weighted by Crippen LogP contribution is -2.30. The Labute approximate surface area is 177 Å². The quantitative estimate of drug-likeness (QED) is 0.563. The smallest absolute Gasteiger partial charge is 0.411 e. The van der Waals surface area contributed by atoms with E-state index < -0.39 is 24.5 Å². The minimum atomic E-state index is -1.18. The van der Waals surface area contributed by atoms with Gasteiger partial charge in [0.05, 0.1) is 5.69 Å². The van der Waals surface area contributed by atoms with Gasteiger partial charge in [-0.1, -0.05) is 48.5 Å². The van der Waals surface area contributed by atoms with Gasteiger partial charge >= 0.3 is 12.1 Å². The first-order valence-electron chi connectivity index (χ1n) is 9.59. The Balaban J connectivity index is 1.45. The molecule has 0 radical (unpaired) electrons. The summed E-state index contributed by atoms with van der Waals surface area (Å²) in [4.78, 5) is 35.3. The number of aliphatic carboxylic acids is 1. The van der Waals surface area contributed by atoms with Crippen LogP contribution in [0, 0.1) is 0 Å². The number of carbonyl (C=O) groups is 3. The predicted molar refractivity (Wildman–Crippen MR) is 112 cm³/mol. The van der Waals surface area contributed by atoms with Crippen LogP contribution in [0.1, 0.15) is 27.5 Å². The van der Waals surface area contributed by atoms with E-state index in [4.69, 9.17) is 9.84 Å². The van der Waals surface area contributed by atoms with E-state index in [1.54, 1.807) is 7.05 Å². The normalized spacial score (nSPS) is 12.0. The summed E-state index contributed by atoms with van der Waals surface area (Å²) in [5.74, 6) is -1.99. The summed E-state index contributed by atoms with van der Waals surface area (Å²) >= 11 is 0. The molecule has 158 valence electrons. The molecule has 1 aromatic heterocycles. The number of aryl methyl sites for hydroxylation is 1. The zero-order chi connectivity index (χ0) is 22.0. The van der Waals surface area contributed by atoms with Crippen molar-refractivity contribution in [1.82, 2.24) is 15.1 Å². The number of anilines is 1. The molecule has 4 rings (SSSR count). The number of hydrogen-bond acceptors (Lipinski definition) is 5. The number of carboxylic acid groups (broad SMARTS) is 1. The molecule has 3 N–H and O–H groups in total. The third-order valence-corrected chi connectivity index (χ3v) is 5.02. The van der Waals surface area contributed by atoms with E-state index in [0.717, 1.165) is 22.3 Å². The van der Waals surface area contributed by atoms with Crippen molar-refractivity contribution in [3.05, 3.63) is 71.5 Å². The zero-order valence-corrected chi connectivity index (χ0v) is 16.7. The molecule has 0 fully saturated rings. The summed E-state index contributed by atoms with van der Waals surface area (Å²) in [6, 6.07) is 16.0. The minimum absolute atomic E-state index is 0.0922. The van der Waals surface area contributed by atoms with Gasteiger partial charge in [0.1, 0.15) is 13.2 Å². The van der Waals surface area contributed by atoms with Gasteiger partial charge in [-0.2, -0.15) is 5.10 Å². The Kier molecular flexibility index (Phi) is 5.40. The Bertz CT molecular complexity index is 1120. The molecule has 0 saturated heterocycles. The molecule has 0 atom stereocenters. The summed E-state index contributed by atoms with van der Waals surface area (Å²) in [6.45, 7) is -0.430. The second-order valence-electron chi connectivity index (χ2n) is 7.09. The van der Waals surface area contributed by atoms with Crippen LogP contribution in [0.3, 0.4) is 0 Å². The van der Waals surface area contributed by atoms with Gasteiger partial charge in [0.25, 0.3) is 5.91 Å². The highest BCUT2D eigenvalue weighted by molar-refractivity contribution is 6.01. The first-order chi connectivity index (χ1) is 14.9. The number of carboxylic acids is 1. The highest BCUT2D eigenvalue weighted by atomic mass is 16.5. The number of nitrogens with one attached hydrogen (secondary N) is 2. The fourth-order valence-electron chi connectivity index (χ4n) is 3.73. The molecule has 2 aromatic carbocycles. The van der Waals surface area contributed by atoms with Crippen molar-refractivity contribution in [3.8, 4) is 11.1 Å². The van der Waals surface area contributed by atoms with Crippen molar-refractivity contribution in [2.24, 2.45) is 7.05 Å². The molecule has 0 unspecified atom stereocenters. The molecule has 9 nitrogen and oxygen atoms in total. The monoisotopic (exact) mass is 420 g/mol. The van der Waals surface area contributed by atoms with Crippen LogP contribution in [0.4, 0.5) is 10.5 Å². The number of hydrogen-bond donors (Lipinski definition) is 3. The van der Waals surface area contributed by atoms with Gasteiger partial charge in [0.15, 0.2) is 5.69 Å². The van der Waals surface area contributed by atoms with Crippen molar-refractivity contribution >= 4 is 23.7 Å². The lowest BCUT2D eigenvalue weighted by Gasteiger charge is -2.14. The van der Waals surface area contributed by atoms with E-state index in [-0.39, 0.29) is 23.9 Å². The van der Waals surface area contributed by atoms with Crippen molar-refractivity contribution < 1.29 is 24.2 Å². The summed E-state index contributed by atoms with van der Waals surface area (Å²) in [7, 11) is 1.58. The largest absolute Gasteiger partial charge is 0.480 e. The van der Waals surface area contributed by atoms with Crippen LogP contribution in [0.25, 0.3) is 11.1 Å². The SMILES string of the molecule is Cn1cc(NC(=O)OCC2c3ccccc3-c3ccccc32)c(C(=O)NCC(=O)O)n1. The molecule has 2 amide bonds. The third kappa shape index (κ3) is 4.11. The molecule has 0 spiro atoms. The molecule has 1 aliphatic rings. The van der Waals surface area contributed by atoms with Crippen molar-refractivity contribution in [2.45, 2.75) is 5.92 Å². The number of fused-ring (bicyclic) bond motifs is 3. The van der Waals surface area contributed by atoms with E-state index in [2.05, 4.69) is 15.7 Å². The zero-order valence-electron chi connectivity index (χ0n) is 16.7. The second kappa shape index (κ2) is 8.31. The van der Waals surface area contributed by atoms with Crippen molar-refractivity contribution in [2.75, 3.05) is 18.5 Å². The van der Waals surface area contributed by atoms with Crippen LogP contribution in [0.5, 0.6) is 0 Å². The molecule has 0 saturated carbocycles. The maximum absolute atomic E-state index is 12.4. The number of ether oxygens (including phenoxy) is 1. The number of carbonyl (C=O) groups excluding carboxylic acids is 2. The standard InChI is InChI=1S/C22H20N4O5/c1-26-11-18(20(25-26)21(29)23-10-19(27)28)24-22(30)31-12-17-15-8-4-2-6-13(15)14-7-3-5-9-16(14)17/h2-9,11,17H,10,12H2,1H3,(H,23,29)(H,24,30)(H,27,28). The Morgan fingerprint density at radius 1 is 1.06 bits per heavy atom. The van der Waals surface area contributed by atoms with Gasteiger partial charge < -0.3 is 15.2 Å². The van der Waals surface area contributed by atoms with Crippen LogP contribution in [-0.2, 0) is 16.6 Å². The maximum atomic E-state index is 12.4. The molecular formula is C22H20N4O5. The van der Waals surface area contributed by atoms with E-state index in [9.17, 15) is 14.4 Å². The fourth-order valence-corrected chi connectivity index (χ4v) is 3.73. The van der Waals surface area contributed by atoms with Gasteiger partial charge in [0.2, 0.25) is 0 Å². The fraction of sp³-hybridized carbons (Fsp3) is 0.182. The molecule has 0 aliphatic heterocycles. The molecule has 3 aromatic rings. The number of amides is 2.